The van der Waals surface area contributed by atoms with Gasteiger partial charge in [-0.1, -0.05) is 64.0 Å². The number of rotatable bonds is 17. The second-order valence-corrected chi connectivity index (χ2v) is 6.59. The lowest BCUT2D eigenvalue weighted by molar-refractivity contribution is -0.137. The normalized spacial score (nSPS) is 23.7. The fraction of sp³-hybridized carbons (Fsp3) is 0.857. The Kier molecular flexibility index (Phi) is 8.68. The lowest BCUT2D eigenvalue weighted by Crippen LogP contribution is -2.07. The fourth-order valence-electron chi connectivity index (χ4n) is 2.70. The van der Waals surface area contributed by atoms with Gasteiger partial charge in [-0.3, -0.25) is 4.79 Å². The number of carbonyl (C=O) groups is 1. The maximum Gasteiger partial charge on any atom is 0.303 e. The van der Waals surface area contributed by atoms with Crippen LogP contribution in [0.4, 0.5) is 0 Å². The van der Waals surface area contributed by atoms with Gasteiger partial charge in [-0.2, -0.15) is 0 Å². The molecular formula is C21H38O3. The van der Waals surface area contributed by atoms with E-state index in [0.29, 0.717) is 13.0 Å². The van der Waals surface area contributed by atoms with Crippen molar-refractivity contribution in [3.05, 3.63) is 12.2 Å². The molecule has 0 spiro atoms. The highest BCUT2D eigenvalue weighted by Crippen LogP contribution is 2.27. The van der Waals surface area contributed by atoms with Crippen molar-refractivity contribution in [2.45, 2.75) is 103 Å². The summed E-state index contributed by atoms with van der Waals surface area (Å²) in [6.45, 7) is 2.64. The Bertz CT molecular complexity index is 520. The third-order valence-electron chi connectivity index (χ3n) is 4.21. The average Bonchev–Trinajstić information content (AvgIpc) is 3.46. The van der Waals surface area contributed by atoms with Gasteiger partial charge in [-0.15, -0.1) is 0 Å². The number of carboxylic acid groups (broad SMARTS) is 1. The van der Waals surface area contributed by atoms with E-state index in [9.17, 15) is 4.79 Å². The first-order valence-corrected chi connectivity index (χ1v) is 9.58. The molecule has 0 amide bonds. The molecule has 3 nitrogen and oxygen atoms in total. The summed E-state index contributed by atoms with van der Waals surface area (Å²) >= 11 is 0. The van der Waals surface area contributed by atoms with Gasteiger partial charge in [-0.05, 0) is 44.4 Å². The van der Waals surface area contributed by atoms with Crippen molar-refractivity contribution in [2.75, 3.05) is 6.61 Å². The van der Waals surface area contributed by atoms with Crippen molar-refractivity contribution in [3.63, 3.8) is 0 Å². The molecule has 2 atom stereocenters. The van der Waals surface area contributed by atoms with E-state index in [1.54, 1.807) is 0 Å². The maximum absolute atomic E-state index is 11.3. The molecule has 1 aliphatic rings. The van der Waals surface area contributed by atoms with Crippen LogP contribution in [0.1, 0.15) is 104 Å². The number of hydrogen-bond donors (Lipinski definition) is 1. The maximum atomic E-state index is 11.3. The zero-order valence-corrected chi connectivity index (χ0v) is 15.2. The largest absolute Gasteiger partial charge is 0.481 e. The van der Waals surface area contributed by atoms with Gasteiger partial charge < -0.3 is 9.84 Å². The Balaban J connectivity index is 2.41. The van der Waals surface area contributed by atoms with Crippen molar-refractivity contribution >= 4 is 5.97 Å². The van der Waals surface area contributed by atoms with E-state index in [1.165, 1.54) is 38.5 Å². The van der Waals surface area contributed by atoms with Crippen LogP contribution < -0.4 is 0 Å². The zero-order valence-electron chi connectivity index (χ0n) is 20.2. The molecule has 1 rings (SSSR count). The lowest BCUT2D eigenvalue weighted by atomic mass is 9.92. The van der Waals surface area contributed by atoms with Crippen molar-refractivity contribution in [3.8, 4) is 0 Å². The quantitative estimate of drug-likeness (QED) is 0.196. The van der Waals surface area contributed by atoms with Crippen molar-refractivity contribution < 1.29 is 21.5 Å². The van der Waals surface area contributed by atoms with E-state index >= 15 is 0 Å². The third-order valence-corrected chi connectivity index (χ3v) is 4.21. The van der Waals surface area contributed by atoms with E-state index < -0.39 is 24.6 Å². The van der Waals surface area contributed by atoms with E-state index in [0.717, 1.165) is 19.3 Å². The smallest absolute Gasteiger partial charge is 0.303 e. The van der Waals surface area contributed by atoms with Crippen molar-refractivity contribution in [1.82, 2.24) is 0 Å². The standard InChI is InChI=1S/C21H38O3/c1-2-3-4-5-6-7-8-9-10-11-12-13-14-19(15-16-21(22)23)17-20-18-24-20/h9-10,19-20H,2-8,11-18H2,1H3,(H,22,23)/b10-9-/i15D2,16D2,19D. The molecule has 3 heteroatoms. The number of hydrogen-bond acceptors (Lipinski definition) is 2. The van der Waals surface area contributed by atoms with Crippen LogP contribution >= 0.6 is 0 Å². The van der Waals surface area contributed by atoms with Gasteiger partial charge in [0.05, 0.1) is 12.7 Å². The fourth-order valence-corrected chi connectivity index (χ4v) is 2.70. The van der Waals surface area contributed by atoms with Gasteiger partial charge in [-0.25, -0.2) is 0 Å². The summed E-state index contributed by atoms with van der Waals surface area (Å²) in [6, 6.07) is 0. The summed E-state index contributed by atoms with van der Waals surface area (Å²) in [4.78, 5) is 11.3. The predicted molar refractivity (Wildman–Crippen MR) is 100 cm³/mol. The van der Waals surface area contributed by atoms with Gasteiger partial charge in [0.25, 0.3) is 0 Å². The molecule has 1 N–H and O–H groups in total. The summed E-state index contributed by atoms with van der Waals surface area (Å²) in [7, 11) is 0. The molecule has 1 saturated heterocycles. The highest BCUT2D eigenvalue weighted by atomic mass is 16.6. The highest BCUT2D eigenvalue weighted by Gasteiger charge is 2.26. The number of carboxylic acids is 1. The minimum absolute atomic E-state index is 0.0145. The molecule has 0 aromatic carbocycles. The van der Waals surface area contributed by atoms with Gasteiger partial charge >= 0.3 is 5.97 Å². The van der Waals surface area contributed by atoms with Crippen LogP contribution in [0.5, 0.6) is 0 Å². The first kappa shape index (κ1) is 14.4. The molecule has 0 aromatic heterocycles. The Morgan fingerprint density at radius 2 is 1.83 bits per heavy atom. The Morgan fingerprint density at radius 3 is 2.46 bits per heavy atom. The molecule has 2 unspecified atom stereocenters. The number of aliphatic carboxylic acids is 1. The SMILES string of the molecule is [2H]C(CCCC/C=C\CCCCCCCC)(CC1CO1)C([2H])([2H])C([2H])([2H])C(=O)O. The van der Waals surface area contributed by atoms with E-state index in [1.807, 2.05) is 0 Å². The van der Waals surface area contributed by atoms with Gasteiger partial charge in [0.2, 0.25) is 0 Å². The molecule has 0 radical (unpaired) electrons. The summed E-state index contributed by atoms with van der Waals surface area (Å²) in [5, 5.41) is 9.12. The van der Waals surface area contributed by atoms with Crippen molar-refractivity contribution in [2.24, 2.45) is 5.89 Å². The molecule has 0 bridgehead atoms. The number of unbranched alkanes of at least 4 members (excludes halogenated alkanes) is 8. The van der Waals surface area contributed by atoms with Crippen LogP contribution in [0.2, 0.25) is 0 Å². The van der Waals surface area contributed by atoms with Crippen LogP contribution in [0, 0.1) is 5.89 Å². The molecule has 0 aromatic rings. The topological polar surface area (TPSA) is 49.8 Å². The Hall–Kier alpha value is -0.830. The Morgan fingerprint density at radius 1 is 1.21 bits per heavy atom. The third kappa shape index (κ3) is 13.6. The minimum Gasteiger partial charge on any atom is -0.481 e. The second-order valence-electron chi connectivity index (χ2n) is 6.59. The number of epoxide rings is 1. The molecule has 0 saturated carbocycles. The molecule has 1 aliphatic heterocycles. The molecule has 140 valence electrons. The number of ether oxygens (including phenoxy) is 1. The van der Waals surface area contributed by atoms with Gasteiger partial charge in [0.15, 0.2) is 0 Å². The molecule has 24 heavy (non-hydrogen) atoms. The average molecular weight is 344 g/mol. The second kappa shape index (κ2) is 14.5. The number of allylic oxidation sites excluding steroid dienone is 2. The Labute approximate surface area is 155 Å². The summed E-state index contributed by atoms with van der Waals surface area (Å²) in [5.41, 5.74) is 0. The summed E-state index contributed by atoms with van der Waals surface area (Å²) < 4.78 is 45.4. The zero-order chi connectivity index (χ0) is 22.0. The predicted octanol–water partition coefficient (Wildman–Crippen LogP) is 6.12. The first-order valence-electron chi connectivity index (χ1n) is 12.1. The van der Waals surface area contributed by atoms with Crippen LogP contribution in [-0.4, -0.2) is 23.8 Å². The molecule has 0 aliphatic carbocycles. The monoisotopic (exact) mass is 343 g/mol. The van der Waals surface area contributed by atoms with E-state index in [-0.39, 0.29) is 18.9 Å². The van der Waals surface area contributed by atoms with Gasteiger partial charge in [0, 0.05) is 13.2 Å². The van der Waals surface area contributed by atoms with Crippen LogP contribution in [0.3, 0.4) is 0 Å². The molecule has 1 fully saturated rings. The molecular weight excluding hydrogens is 300 g/mol. The minimum atomic E-state index is -3.12. The first-order chi connectivity index (χ1) is 13.6. The summed E-state index contributed by atoms with van der Waals surface area (Å²) in [5.74, 6) is -3.70. The molecule has 1 heterocycles. The lowest BCUT2D eigenvalue weighted by Gasteiger charge is -2.14. The van der Waals surface area contributed by atoms with E-state index in [4.69, 9.17) is 16.7 Å². The highest BCUT2D eigenvalue weighted by molar-refractivity contribution is 5.66. The van der Waals surface area contributed by atoms with E-state index in [2.05, 4.69) is 19.1 Å². The van der Waals surface area contributed by atoms with Crippen molar-refractivity contribution in [1.29, 1.82) is 0 Å². The summed E-state index contributed by atoms with van der Waals surface area (Å²) in [6.07, 6.45) is 9.06. The van der Waals surface area contributed by atoms with Crippen LogP contribution in [0.25, 0.3) is 0 Å². The van der Waals surface area contributed by atoms with Crippen LogP contribution in [0.15, 0.2) is 12.2 Å². The van der Waals surface area contributed by atoms with Gasteiger partial charge in [0.1, 0.15) is 0 Å². The van der Waals surface area contributed by atoms with Crippen LogP contribution in [-0.2, 0) is 9.53 Å².